The number of rotatable bonds is 7. The van der Waals surface area contributed by atoms with Gasteiger partial charge in [-0.05, 0) is 26.7 Å². The highest BCUT2D eigenvalue weighted by Crippen LogP contribution is 2.39. The van der Waals surface area contributed by atoms with Crippen molar-refractivity contribution in [3.8, 4) is 0 Å². The lowest BCUT2D eigenvalue weighted by molar-refractivity contribution is -0.125. The third-order valence-electron chi connectivity index (χ3n) is 3.24. The van der Waals surface area contributed by atoms with Crippen molar-refractivity contribution in [1.29, 1.82) is 0 Å². The van der Waals surface area contributed by atoms with Gasteiger partial charge in [-0.25, -0.2) is 9.97 Å². The molecule has 0 spiro atoms. The third-order valence-corrected chi connectivity index (χ3v) is 3.24. The maximum atomic E-state index is 10.8. The number of amides is 1. The number of hydrogen-bond donors (Lipinski definition) is 4. The molecule has 1 aliphatic rings. The Morgan fingerprint density at radius 2 is 2.00 bits per heavy atom. The minimum absolute atomic E-state index is 0.0445. The van der Waals surface area contributed by atoms with Crippen LogP contribution in [0.2, 0.25) is 0 Å². The van der Waals surface area contributed by atoms with Crippen LogP contribution in [0.25, 0.3) is 0 Å². The molecule has 7 heteroatoms. The van der Waals surface area contributed by atoms with E-state index in [2.05, 4.69) is 20.6 Å². The van der Waals surface area contributed by atoms with Crippen LogP contribution in [-0.2, 0) is 4.79 Å². The predicted molar refractivity (Wildman–Crippen MR) is 76.6 cm³/mol. The Bertz CT molecular complexity index is 502. The lowest BCUT2D eigenvalue weighted by atomic mass is 10.2. The van der Waals surface area contributed by atoms with Crippen LogP contribution in [0.1, 0.15) is 37.1 Å². The van der Waals surface area contributed by atoms with Crippen LogP contribution >= 0.6 is 0 Å². The predicted octanol–water partition coefficient (Wildman–Crippen LogP) is 0.352. The Balaban J connectivity index is 2.19. The molecule has 110 valence electrons. The van der Waals surface area contributed by atoms with Crippen molar-refractivity contribution in [1.82, 2.24) is 9.97 Å². The van der Waals surface area contributed by atoms with E-state index < -0.39 is 12.0 Å². The number of aliphatic hydroxyl groups excluding tert-OH is 1. The van der Waals surface area contributed by atoms with E-state index in [0.29, 0.717) is 11.7 Å². The number of nitrogens with two attached hydrogens (primary N) is 1. The fraction of sp³-hybridized carbons (Fsp3) is 0.615. The van der Waals surface area contributed by atoms with Crippen molar-refractivity contribution in [2.24, 2.45) is 5.73 Å². The quantitative estimate of drug-likeness (QED) is 0.573. The van der Waals surface area contributed by atoms with E-state index in [1.807, 2.05) is 13.8 Å². The topological polar surface area (TPSA) is 113 Å². The highest BCUT2D eigenvalue weighted by molar-refractivity contribution is 5.79. The molecule has 0 aliphatic heterocycles. The van der Waals surface area contributed by atoms with Crippen LogP contribution < -0.4 is 16.4 Å². The lowest BCUT2D eigenvalue weighted by Crippen LogP contribution is -2.34. The van der Waals surface area contributed by atoms with Crippen molar-refractivity contribution in [3.63, 3.8) is 0 Å². The van der Waals surface area contributed by atoms with Crippen molar-refractivity contribution in [2.75, 3.05) is 23.7 Å². The minimum atomic E-state index is -1.23. The highest BCUT2D eigenvalue weighted by Gasteiger charge is 2.28. The number of hydrogen-bond acceptors (Lipinski definition) is 6. The maximum absolute atomic E-state index is 10.8. The van der Waals surface area contributed by atoms with Crippen LogP contribution in [-0.4, -0.2) is 40.2 Å². The van der Waals surface area contributed by atoms with Gasteiger partial charge >= 0.3 is 0 Å². The second-order valence-corrected chi connectivity index (χ2v) is 5.01. The first kappa shape index (κ1) is 14.5. The molecule has 1 aromatic heterocycles. The molecule has 1 aromatic rings. The number of primary amides is 1. The number of nitrogens with one attached hydrogen (secondary N) is 2. The number of carbonyl (C=O) groups excluding carboxylic acids is 1. The van der Waals surface area contributed by atoms with Gasteiger partial charge in [-0.3, -0.25) is 4.79 Å². The Hall–Kier alpha value is -1.89. The van der Waals surface area contributed by atoms with Gasteiger partial charge in [0.1, 0.15) is 23.6 Å². The van der Waals surface area contributed by atoms with Crippen molar-refractivity contribution < 1.29 is 9.90 Å². The van der Waals surface area contributed by atoms with Gasteiger partial charge in [-0.2, -0.15) is 0 Å². The first-order valence-electron chi connectivity index (χ1n) is 6.86. The molecular weight excluding hydrogens is 258 g/mol. The van der Waals surface area contributed by atoms with Gasteiger partial charge in [-0.15, -0.1) is 0 Å². The van der Waals surface area contributed by atoms with E-state index >= 15 is 0 Å². The minimum Gasteiger partial charge on any atom is -0.381 e. The fourth-order valence-electron chi connectivity index (χ4n) is 1.86. The Morgan fingerprint density at radius 3 is 2.50 bits per heavy atom. The van der Waals surface area contributed by atoms with Crippen LogP contribution in [0.3, 0.4) is 0 Å². The molecule has 1 amide bonds. The number of nitrogens with zero attached hydrogens (tertiary/aromatic N) is 2. The largest absolute Gasteiger partial charge is 0.381 e. The Kier molecular flexibility index (Phi) is 4.39. The molecule has 20 heavy (non-hydrogen) atoms. The van der Waals surface area contributed by atoms with E-state index in [1.54, 1.807) is 0 Å². The van der Waals surface area contributed by atoms with Gasteiger partial charge in [-0.1, -0.05) is 0 Å². The molecule has 7 nitrogen and oxygen atoms in total. The monoisotopic (exact) mass is 279 g/mol. The average molecular weight is 279 g/mol. The molecule has 1 heterocycles. The van der Waals surface area contributed by atoms with Crippen molar-refractivity contribution in [2.45, 2.75) is 38.7 Å². The molecule has 2 rings (SSSR count). The van der Waals surface area contributed by atoms with E-state index in [1.165, 1.54) is 0 Å². The summed E-state index contributed by atoms with van der Waals surface area (Å²) < 4.78 is 0. The first-order chi connectivity index (χ1) is 9.52. The Morgan fingerprint density at radius 1 is 1.40 bits per heavy atom. The molecule has 1 aliphatic carbocycles. The number of carbonyl (C=O) groups is 1. The molecule has 1 unspecified atom stereocenters. The molecule has 1 saturated carbocycles. The molecule has 0 aromatic carbocycles. The smallest absolute Gasteiger partial charge is 0.248 e. The molecule has 0 bridgehead atoms. The van der Waals surface area contributed by atoms with Crippen molar-refractivity contribution >= 4 is 17.5 Å². The zero-order valence-corrected chi connectivity index (χ0v) is 11.8. The van der Waals surface area contributed by atoms with Crippen LogP contribution in [0.4, 0.5) is 11.6 Å². The molecule has 0 saturated heterocycles. The molecule has 1 fully saturated rings. The van der Waals surface area contributed by atoms with Crippen LogP contribution in [0, 0.1) is 6.92 Å². The summed E-state index contributed by atoms with van der Waals surface area (Å²) in [5, 5.41) is 15.6. The van der Waals surface area contributed by atoms with Gasteiger partial charge in [0.05, 0.1) is 6.54 Å². The summed E-state index contributed by atoms with van der Waals surface area (Å²) in [5.74, 6) is 1.91. The van der Waals surface area contributed by atoms with Crippen LogP contribution in [0.15, 0.2) is 0 Å². The number of aromatic nitrogens is 2. The van der Waals surface area contributed by atoms with Gasteiger partial charge in [0, 0.05) is 18.0 Å². The molecular formula is C13H21N5O2. The van der Waals surface area contributed by atoms with Gasteiger partial charge in [0.15, 0.2) is 0 Å². The summed E-state index contributed by atoms with van der Waals surface area (Å²) in [6.07, 6.45) is 0.993. The maximum Gasteiger partial charge on any atom is 0.248 e. The molecule has 0 radical (unpaired) electrons. The zero-order chi connectivity index (χ0) is 14.7. The van der Waals surface area contributed by atoms with E-state index in [0.717, 1.165) is 36.6 Å². The van der Waals surface area contributed by atoms with Crippen molar-refractivity contribution in [3.05, 3.63) is 11.4 Å². The van der Waals surface area contributed by atoms with Crippen LogP contribution in [0.5, 0.6) is 0 Å². The van der Waals surface area contributed by atoms with Gasteiger partial charge in [0.25, 0.3) is 0 Å². The average Bonchev–Trinajstić information content (AvgIpc) is 3.23. The Labute approximate surface area is 118 Å². The summed E-state index contributed by atoms with van der Waals surface area (Å²) >= 11 is 0. The van der Waals surface area contributed by atoms with E-state index in [4.69, 9.17) is 5.73 Å². The zero-order valence-electron chi connectivity index (χ0n) is 11.8. The second-order valence-electron chi connectivity index (χ2n) is 5.01. The third kappa shape index (κ3) is 3.36. The summed E-state index contributed by atoms with van der Waals surface area (Å²) in [7, 11) is 0. The van der Waals surface area contributed by atoms with Gasteiger partial charge in [0.2, 0.25) is 5.91 Å². The number of anilines is 2. The lowest BCUT2D eigenvalue weighted by Gasteiger charge is -2.15. The summed E-state index contributed by atoms with van der Waals surface area (Å²) in [6.45, 7) is 4.71. The SMILES string of the molecule is CCNc1nc(C2CC2)nc(NCC(O)C(N)=O)c1C. The highest BCUT2D eigenvalue weighted by atomic mass is 16.3. The first-order valence-corrected chi connectivity index (χ1v) is 6.86. The standard InChI is InChI=1S/C13H21N5O2/c1-3-15-11-7(2)12(16-6-9(19)10(14)20)18-13(17-11)8-4-5-8/h8-9,19H,3-6H2,1-2H3,(H2,14,20)(H2,15,16,17,18). The van der Waals surface area contributed by atoms with E-state index in [-0.39, 0.29) is 6.54 Å². The summed E-state index contributed by atoms with van der Waals surface area (Å²) in [4.78, 5) is 19.9. The molecule has 1 atom stereocenters. The normalized spacial score (nSPS) is 15.8. The summed E-state index contributed by atoms with van der Waals surface area (Å²) in [5.41, 5.74) is 5.90. The fourth-order valence-corrected chi connectivity index (χ4v) is 1.86. The number of aliphatic hydroxyl groups is 1. The van der Waals surface area contributed by atoms with E-state index in [9.17, 15) is 9.90 Å². The second kappa shape index (κ2) is 6.04. The molecule has 5 N–H and O–H groups in total. The van der Waals surface area contributed by atoms with Gasteiger partial charge < -0.3 is 21.5 Å². The summed E-state index contributed by atoms with van der Waals surface area (Å²) in [6, 6.07) is 0.